The molecule has 0 aliphatic heterocycles. The average molecular weight is 457 g/mol. The highest BCUT2D eigenvalue weighted by Crippen LogP contribution is 2.32. The van der Waals surface area contributed by atoms with Crippen LogP contribution >= 0.6 is 11.6 Å². The molecule has 0 aliphatic carbocycles. The summed E-state index contributed by atoms with van der Waals surface area (Å²) in [5.74, 6) is 1.49. The number of nitrogens with zero attached hydrogens (tertiary/aromatic N) is 3. The zero-order valence-corrected chi connectivity index (χ0v) is 18.4. The van der Waals surface area contributed by atoms with Crippen LogP contribution in [0, 0.1) is 0 Å². The second kappa shape index (κ2) is 9.22. The first-order valence-corrected chi connectivity index (χ1v) is 10.9. The first kappa shape index (κ1) is 20.8. The van der Waals surface area contributed by atoms with Gasteiger partial charge < -0.3 is 19.7 Å². The van der Waals surface area contributed by atoms with Crippen molar-refractivity contribution in [2.45, 2.75) is 6.54 Å². The molecule has 0 saturated heterocycles. The summed E-state index contributed by atoms with van der Waals surface area (Å²) >= 11 is 6.30. The molecule has 0 spiro atoms. The van der Waals surface area contributed by atoms with E-state index in [2.05, 4.69) is 19.9 Å². The van der Waals surface area contributed by atoms with Gasteiger partial charge in [0, 0.05) is 40.3 Å². The summed E-state index contributed by atoms with van der Waals surface area (Å²) in [4.78, 5) is 9.05. The van der Waals surface area contributed by atoms with Crippen molar-refractivity contribution >= 4 is 34.1 Å². The van der Waals surface area contributed by atoms with Crippen molar-refractivity contribution in [3.05, 3.63) is 96.4 Å². The standard InChI is InChI=1S/C26H21ClN4O2/c27-24-9-6-21(32)16-23(24)18-3-10-25-19(15-18)17-28-26(30-25)29-20-4-7-22(8-5-20)33-14-13-31-11-1-2-12-31/h1-12,15-17,32H,13-14H2,(H,28,29,30). The summed E-state index contributed by atoms with van der Waals surface area (Å²) in [5.41, 5.74) is 3.32. The van der Waals surface area contributed by atoms with Crippen LogP contribution in [0.15, 0.2) is 91.4 Å². The molecule has 5 aromatic rings. The van der Waals surface area contributed by atoms with Crippen LogP contribution in [-0.4, -0.2) is 26.2 Å². The quantitative estimate of drug-likeness (QED) is 0.301. The number of hydrogen-bond donors (Lipinski definition) is 2. The Bertz CT molecular complexity index is 1390. The molecule has 164 valence electrons. The normalized spacial score (nSPS) is 10.9. The van der Waals surface area contributed by atoms with E-state index in [0.717, 1.165) is 40.0 Å². The SMILES string of the molecule is Oc1ccc(Cl)c(-c2ccc3nc(Nc4ccc(OCCn5cccc5)cc4)ncc3c2)c1. The smallest absolute Gasteiger partial charge is 0.227 e. The summed E-state index contributed by atoms with van der Waals surface area (Å²) in [7, 11) is 0. The van der Waals surface area contributed by atoms with Crippen molar-refractivity contribution in [3.63, 3.8) is 0 Å². The number of hydrogen-bond acceptors (Lipinski definition) is 5. The van der Waals surface area contributed by atoms with Crippen molar-refractivity contribution in [2.75, 3.05) is 11.9 Å². The van der Waals surface area contributed by atoms with Crippen LogP contribution in [0.25, 0.3) is 22.0 Å². The highest BCUT2D eigenvalue weighted by Gasteiger charge is 2.08. The molecule has 0 aliphatic rings. The van der Waals surface area contributed by atoms with Crippen molar-refractivity contribution in [1.29, 1.82) is 0 Å². The second-order valence-corrected chi connectivity index (χ2v) is 7.96. The number of halogens is 1. The van der Waals surface area contributed by atoms with Gasteiger partial charge >= 0.3 is 0 Å². The molecule has 3 aromatic carbocycles. The number of aromatic nitrogens is 3. The highest BCUT2D eigenvalue weighted by atomic mass is 35.5. The van der Waals surface area contributed by atoms with Crippen LogP contribution in [0.4, 0.5) is 11.6 Å². The third-order valence-corrected chi connectivity index (χ3v) is 5.57. The number of rotatable bonds is 7. The minimum absolute atomic E-state index is 0.169. The molecule has 7 heteroatoms. The van der Waals surface area contributed by atoms with E-state index in [-0.39, 0.29) is 5.75 Å². The van der Waals surface area contributed by atoms with Gasteiger partial charge in [0.2, 0.25) is 5.95 Å². The van der Waals surface area contributed by atoms with Crippen molar-refractivity contribution < 1.29 is 9.84 Å². The van der Waals surface area contributed by atoms with Crippen LogP contribution in [0.2, 0.25) is 5.02 Å². The Morgan fingerprint density at radius 3 is 2.61 bits per heavy atom. The lowest BCUT2D eigenvalue weighted by Crippen LogP contribution is -2.06. The Balaban J connectivity index is 1.26. The van der Waals surface area contributed by atoms with Crippen molar-refractivity contribution in [2.24, 2.45) is 0 Å². The van der Waals surface area contributed by atoms with Crippen molar-refractivity contribution in [1.82, 2.24) is 14.5 Å². The van der Waals surface area contributed by atoms with Gasteiger partial charge in [0.25, 0.3) is 0 Å². The predicted octanol–water partition coefficient (Wildman–Crippen LogP) is 6.28. The molecule has 0 fully saturated rings. The van der Waals surface area contributed by atoms with E-state index in [1.807, 2.05) is 67.0 Å². The predicted molar refractivity (Wildman–Crippen MR) is 131 cm³/mol. The van der Waals surface area contributed by atoms with Gasteiger partial charge in [-0.1, -0.05) is 17.7 Å². The van der Waals surface area contributed by atoms with Crippen molar-refractivity contribution in [3.8, 4) is 22.6 Å². The van der Waals surface area contributed by atoms with Gasteiger partial charge in [0.05, 0.1) is 12.1 Å². The Morgan fingerprint density at radius 1 is 0.970 bits per heavy atom. The van der Waals surface area contributed by atoms with Gasteiger partial charge in [-0.25, -0.2) is 9.97 Å². The number of benzene rings is 3. The maximum absolute atomic E-state index is 9.79. The van der Waals surface area contributed by atoms with Crippen LogP contribution < -0.4 is 10.1 Å². The van der Waals surface area contributed by atoms with Gasteiger partial charge in [-0.2, -0.15) is 0 Å². The molecule has 2 aromatic heterocycles. The van der Waals surface area contributed by atoms with Gasteiger partial charge in [-0.3, -0.25) is 0 Å². The minimum atomic E-state index is 0.169. The fraction of sp³-hybridized carbons (Fsp3) is 0.0769. The molecular formula is C26H21ClN4O2. The highest BCUT2D eigenvalue weighted by molar-refractivity contribution is 6.33. The largest absolute Gasteiger partial charge is 0.508 e. The molecular weight excluding hydrogens is 436 g/mol. The number of fused-ring (bicyclic) bond motifs is 1. The van der Waals surface area contributed by atoms with Gasteiger partial charge in [-0.05, 0) is 72.3 Å². The van der Waals surface area contributed by atoms with E-state index in [4.69, 9.17) is 16.3 Å². The Kier molecular flexibility index (Phi) is 5.83. The summed E-state index contributed by atoms with van der Waals surface area (Å²) < 4.78 is 7.88. The number of ether oxygens (including phenoxy) is 1. The van der Waals surface area contributed by atoms with E-state index in [1.165, 1.54) is 0 Å². The molecule has 0 saturated carbocycles. The first-order valence-electron chi connectivity index (χ1n) is 10.5. The van der Waals surface area contributed by atoms with E-state index >= 15 is 0 Å². The zero-order valence-electron chi connectivity index (χ0n) is 17.6. The maximum atomic E-state index is 9.79. The van der Waals surface area contributed by atoms with E-state index in [1.54, 1.807) is 24.4 Å². The summed E-state index contributed by atoms with van der Waals surface area (Å²) in [5, 5.41) is 14.5. The molecule has 6 nitrogen and oxygen atoms in total. The molecule has 33 heavy (non-hydrogen) atoms. The molecule has 0 radical (unpaired) electrons. The topological polar surface area (TPSA) is 72.2 Å². The monoisotopic (exact) mass is 456 g/mol. The van der Waals surface area contributed by atoms with Gasteiger partial charge in [-0.15, -0.1) is 0 Å². The average Bonchev–Trinajstić information content (AvgIpc) is 3.35. The molecule has 2 N–H and O–H groups in total. The summed E-state index contributed by atoms with van der Waals surface area (Å²) in [6.07, 6.45) is 5.80. The number of nitrogens with one attached hydrogen (secondary N) is 1. The third-order valence-electron chi connectivity index (χ3n) is 5.24. The van der Waals surface area contributed by atoms with Crippen LogP contribution in [-0.2, 0) is 6.54 Å². The fourth-order valence-electron chi connectivity index (χ4n) is 3.55. The Morgan fingerprint density at radius 2 is 1.79 bits per heavy atom. The second-order valence-electron chi connectivity index (χ2n) is 7.55. The zero-order chi connectivity index (χ0) is 22.6. The van der Waals surface area contributed by atoms with Crippen LogP contribution in [0.1, 0.15) is 0 Å². The molecule has 0 atom stereocenters. The molecule has 2 heterocycles. The summed E-state index contributed by atoms with van der Waals surface area (Å²) in [6, 6.07) is 22.4. The number of anilines is 2. The van der Waals surface area contributed by atoms with Gasteiger partial charge in [0.15, 0.2) is 0 Å². The number of aromatic hydroxyl groups is 1. The molecule has 0 bridgehead atoms. The minimum Gasteiger partial charge on any atom is -0.508 e. The first-order chi connectivity index (χ1) is 16.1. The van der Waals surface area contributed by atoms with Gasteiger partial charge in [0.1, 0.15) is 18.1 Å². The molecule has 0 amide bonds. The lowest BCUT2D eigenvalue weighted by atomic mass is 10.0. The Labute approximate surface area is 196 Å². The van der Waals surface area contributed by atoms with E-state index in [9.17, 15) is 5.11 Å². The molecule has 0 unspecified atom stereocenters. The lowest BCUT2D eigenvalue weighted by molar-refractivity contribution is 0.298. The van der Waals surface area contributed by atoms with E-state index in [0.29, 0.717) is 17.6 Å². The lowest BCUT2D eigenvalue weighted by Gasteiger charge is -2.10. The van der Waals surface area contributed by atoms with Crippen LogP contribution in [0.3, 0.4) is 0 Å². The van der Waals surface area contributed by atoms with Crippen LogP contribution in [0.5, 0.6) is 11.5 Å². The fourth-order valence-corrected chi connectivity index (χ4v) is 3.77. The van der Waals surface area contributed by atoms with E-state index < -0.39 is 0 Å². The third kappa shape index (κ3) is 4.91. The number of phenols is 1. The molecule has 5 rings (SSSR count). The Hall–Kier alpha value is -4.03. The summed E-state index contributed by atoms with van der Waals surface area (Å²) in [6.45, 7) is 1.41. The number of phenolic OH excluding ortho intramolecular Hbond substituents is 1. The maximum Gasteiger partial charge on any atom is 0.227 e.